The molecule has 0 aliphatic carbocycles. The van der Waals surface area contributed by atoms with Crippen LogP contribution in [-0.2, 0) is 0 Å². The third-order valence-corrected chi connectivity index (χ3v) is 6.03. The van der Waals surface area contributed by atoms with Gasteiger partial charge in [-0.1, -0.05) is 64.5 Å². The molecular weight excluding hydrogens is 446 g/mol. The minimum atomic E-state index is 0.926. The Bertz CT molecular complexity index is 1610. The average Bonchev–Trinajstić information content (AvgIpc) is 2.83. The topological polar surface area (TPSA) is 38.7 Å². The van der Waals surface area contributed by atoms with Gasteiger partial charge in [-0.3, -0.25) is 4.98 Å². The fourth-order valence-corrected chi connectivity index (χ4v) is 4.36. The minimum absolute atomic E-state index is 0.926. The van der Waals surface area contributed by atoms with Crippen molar-refractivity contribution < 1.29 is 0 Å². The van der Waals surface area contributed by atoms with Crippen LogP contribution in [0.15, 0.2) is 102 Å². The van der Waals surface area contributed by atoms with Gasteiger partial charge in [-0.05, 0) is 42.5 Å². The summed E-state index contributed by atoms with van der Waals surface area (Å²) in [7, 11) is 0. The highest BCUT2D eigenvalue weighted by Gasteiger charge is 2.08. The highest BCUT2D eigenvalue weighted by atomic mass is 79.9. The van der Waals surface area contributed by atoms with E-state index >= 15 is 0 Å². The van der Waals surface area contributed by atoms with Gasteiger partial charge in [-0.25, -0.2) is 9.97 Å². The third-order valence-electron chi connectivity index (χ3n) is 5.54. The summed E-state index contributed by atoms with van der Waals surface area (Å²) in [4.78, 5) is 14.4. The molecule has 146 valence electrons. The molecule has 31 heavy (non-hydrogen) atoms. The van der Waals surface area contributed by atoms with Crippen molar-refractivity contribution in [2.24, 2.45) is 0 Å². The van der Waals surface area contributed by atoms with E-state index < -0.39 is 0 Å². The number of halogens is 1. The number of pyridine rings is 3. The van der Waals surface area contributed by atoms with E-state index in [4.69, 9.17) is 9.97 Å². The Labute approximate surface area is 187 Å². The van der Waals surface area contributed by atoms with Gasteiger partial charge in [0.2, 0.25) is 0 Å². The second-order valence-electron chi connectivity index (χ2n) is 7.52. The first-order chi connectivity index (χ1) is 15.2. The van der Waals surface area contributed by atoms with Crippen LogP contribution in [0.25, 0.3) is 55.2 Å². The molecule has 6 rings (SSSR count). The third kappa shape index (κ3) is 3.25. The summed E-state index contributed by atoms with van der Waals surface area (Å²) in [5.41, 5.74) is 6.84. The lowest BCUT2D eigenvalue weighted by Gasteiger charge is -2.08. The Kier molecular flexibility index (Phi) is 4.25. The SMILES string of the molecule is Brc1ccc2nc(-c3cccc(-c4ccc5ccc6cccnc6c5n4)c3)ccc2c1. The van der Waals surface area contributed by atoms with Crippen LogP contribution in [0.2, 0.25) is 0 Å². The Morgan fingerprint density at radius 2 is 1.26 bits per heavy atom. The second-order valence-corrected chi connectivity index (χ2v) is 8.44. The van der Waals surface area contributed by atoms with Gasteiger partial charge in [0.05, 0.1) is 27.9 Å². The van der Waals surface area contributed by atoms with Gasteiger partial charge in [-0.2, -0.15) is 0 Å². The average molecular weight is 462 g/mol. The first kappa shape index (κ1) is 18.2. The molecule has 0 N–H and O–H groups in total. The van der Waals surface area contributed by atoms with Gasteiger partial charge in [-0.15, -0.1) is 0 Å². The molecule has 0 fully saturated rings. The number of nitrogens with zero attached hydrogens (tertiary/aromatic N) is 3. The maximum Gasteiger partial charge on any atom is 0.0972 e. The second kappa shape index (κ2) is 7.25. The van der Waals surface area contributed by atoms with Crippen LogP contribution in [0.5, 0.6) is 0 Å². The van der Waals surface area contributed by atoms with Crippen molar-refractivity contribution in [1.82, 2.24) is 15.0 Å². The number of fused-ring (bicyclic) bond motifs is 4. The fourth-order valence-electron chi connectivity index (χ4n) is 3.98. The standard InChI is InChI=1S/C27H16BrN3/c28-22-10-13-24-21(16-22)9-12-23(30-24)19-3-1-4-20(15-19)25-11-8-18-7-6-17-5-2-14-29-26(17)27(18)31-25/h1-16H. The highest BCUT2D eigenvalue weighted by Crippen LogP contribution is 2.29. The molecule has 0 saturated carbocycles. The van der Waals surface area contributed by atoms with Crippen molar-refractivity contribution in [3.63, 3.8) is 0 Å². The zero-order chi connectivity index (χ0) is 20.8. The van der Waals surface area contributed by atoms with Crippen LogP contribution in [0, 0.1) is 0 Å². The first-order valence-corrected chi connectivity index (χ1v) is 10.9. The van der Waals surface area contributed by atoms with E-state index in [1.807, 2.05) is 24.4 Å². The molecule has 4 heteroatoms. The summed E-state index contributed by atoms with van der Waals surface area (Å²) in [5, 5.41) is 3.30. The predicted molar refractivity (Wildman–Crippen MR) is 131 cm³/mol. The fraction of sp³-hybridized carbons (Fsp3) is 0. The number of aromatic nitrogens is 3. The number of rotatable bonds is 2. The molecule has 0 spiro atoms. The maximum atomic E-state index is 4.98. The van der Waals surface area contributed by atoms with Crippen molar-refractivity contribution in [3.8, 4) is 22.5 Å². The molecule has 0 bridgehead atoms. The summed E-state index contributed by atoms with van der Waals surface area (Å²) in [6.45, 7) is 0. The molecular formula is C27H16BrN3. The monoisotopic (exact) mass is 461 g/mol. The molecule has 3 nitrogen and oxygen atoms in total. The van der Waals surface area contributed by atoms with Crippen LogP contribution in [0.1, 0.15) is 0 Å². The molecule has 0 unspecified atom stereocenters. The summed E-state index contributed by atoms with van der Waals surface area (Å²) >= 11 is 3.52. The van der Waals surface area contributed by atoms with E-state index in [9.17, 15) is 0 Å². The number of hydrogen-bond acceptors (Lipinski definition) is 3. The van der Waals surface area contributed by atoms with Gasteiger partial charge >= 0.3 is 0 Å². The quantitative estimate of drug-likeness (QED) is 0.251. The van der Waals surface area contributed by atoms with Crippen LogP contribution in [0.4, 0.5) is 0 Å². The summed E-state index contributed by atoms with van der Waals surface area (Å²) < 4.78 is 1.06. The highest BCUT2D eigenvalue weighted by molar-refractivity contribution is 9.10. The number of hydrogen-bond donors (Lipinski definition) is 0. The van der Waals surface area contributed by atoms with Crippen LogP contribution >= 0.6 is 15.9 Å². The van der Waals surface area contributed by atoms with E-state index in [1.54, 1.807) is 0 Å². The molecule has 6 aromatic rings. The first-order valence-electron chi connectivity index (χ1n) is 10.1. The molecule has 0 aliphatic heterocycles. The molecule has 0 radical (unpaired) electrons. The lowest BCUT2D eigenvalue weighted by Crippen LogP contribution is -1.90. The molecule has 0 aliphatic rings. The lowest BCUT2D eigenvalue weighted by atomic mass is 10.0. The molecule has 3 heterocycles. The Morgan fingerprint density at radius 3 is 2.10 bits per heavy atom. The molecule has 3 aromatic heterocycles. The van der Waals surface area contributed by atoms with Crippen molar-refractivity contribution in [3.05, 3.63) is 102 Å². The lowest BCUT2D eigenvalue weighted by molar-refractivity contribution is 1.36. The van der Waals surface area contributed by atoms with Gasteiger partial charge < -0.3 is 0 Å². The van der Waals surface area contributed by atoms with Crippen molar-refractivity contribution >= 4 is 48.6 Å². The van der Waals surface area contributed by atoms with Crippen LogP contribution < -0.4 is 0 Å². The maximum absolute atomic E-state index is 4.98. The van der Waals surface area contributed by atoms with Gasteiger partial charge in [0.1, 0.15) is 0 Å². The van der Waals surface area contributed by atoms with Gasteiger partial charge in [0.25, 0.3) is 0 Å². The molecule has 0 atom stereocenters. The van der Waals surface area contributed by atoms with Crippen molar-refractivity contribution in [2.75, 3.05) is 0 Å². The molecule has 3 aromatic carbocycles. The van der Waals surface area contributed by atoms with Gasteiger partial charge in [0.15, 0.2) is 0 Å². The van der Waals surface area contributed by atoms with E-state index in [1.165, 1.54) is 0 Å². The molecule has 0 saturated heterocycles. The number of benzene rings is 3. The smallest absolute Gasteiger partial charge is 0.0972 e. The zero-order valence-electron chi connectivity index (χ0n) is 16.5. The predicted octanol–water partition coefficient (Wildman–Crippen LogP) is 7.43. The Hall–Kier alpha value is -3.63. The normalized spacial score (nSPS) is 11.4. The van der Waals surface area contributed by atoms with Crippen LogP contribution in [-0.4, -0.2) is 15.0 Å². The summed E-state index contributed by atoms with van der Waals surface area (Å²) in [5.74, 6) is 0. The molecule has 0 amide bonds. The largest absolute Gasteiger partial charge is 0.254 e. The van der Waals surface area contributed by atoms with Gasteiger partial charge in [0, 0.05) is 38.0 Å². The van der Waals surface area contributed by atoms with Crippen molar-refractivity contribution in [1.29, 1.82) is 0 Å². The Balaban J connectivity index is 1.47. The summed E-state index contributed by atoms with van der Waals surface area (Å²) in [6.07, 6.45) is 1.82. The van der Waals surface area contributed by atoms with E-state index in [0.29, 0.717) is 0 Å². The Morgan fingerprint density at radius 1 is 0.548 bits per heavy atom. The van der Waals surface area contributed by atoms with Crippen molar-refractivity contribution in [2.45, 2.75) is 0 Å². The minimum Gasteiger partial charge on any atom is -0.254 e. The zero-order valence-corrected chi connectivity index (χ0v) is 18.0. The van der Waals surface area contributed by atoms with E-state index in [2.05, 4.69) is 93.7 Å². The van der Waals surface area contributed by atoms with E-state index in [-0.39, 0.29) is 0 Å². The van der Waals surface area contributed by atoms with E-state index in [0.717, 1.165) is 59.7 Å². The summed E-state index contributed by atoms with van der Waals surface area (Å²) in [6, 6.07) is 31.1. The van der Waals surface area contributed by atoms with Crippen LogP contribution in [0.3, 0.4) is 0 Å².